The number of carbonyl (C=O) groups is 1. The number of nitrogens with one attached hydrogen (secondary N) is 1. The fraction of sp³-hybridized carbons (Fsp3) is 0.933. The summed E-state index contributed by atoms with van der Waals surface area (Å²) in [6, 6.07) is 0.418. The van der Waals surface area contributed by atoms with Crippen molar-refractivity contribution >= 4 is 30.7 Å². The van der Waals surface area contributed by atoms with E-state index in [0.29, 0.717) is 6.04 Å². The maximum Gasteiger partial charge on any atom is 0.240 e. The number of nitrogens with zero attached hydrogens (tertiary/aromatic N) is 1. The third-order valence-electron chi connectivity index (χ3n) is 4.95. The van der Waals surface area contributed by atoms with Crippen LogP contribution < -0.4 is 11.1 Å². The first kappa shape index (κ1) is 21.0. The molecule has 1 unspecified atom stereocenters. The van der Waals surface area contributed by atoms with Crippen LogP contribution in [0, 0.1) is 5.92 Å². The Morgan fingerprint density at radius 2 is 1.81 bits per heavy atom. The zero-order valence-electron chi connectivity index (χ0n) is 13.3. The molecule has 1 saturated heterocycles. The van der Waals surface area contributed by atoms with E-state index in [2.05, 4.69) is 24.1 Å². The predicted molar refractivity (Wildman–Crippen MR) is 92.3 cm³/mol. The van der Waals surface area contributed by atoms with E-state index < -0.39 is 5.54 Å². The molecule has 2 aliphatic rings. The van der Waals surface area contributed by atoms with E-state index in [-0.39, 0.29) is 30.7 Å². The van der Waals surface area contributed by atoms with Gasteiger partial charge in [-0.15, -0.1) is 24.8 Å². The van der Waals surface area contributed by atoms with E-state index in [1.807, 2.05) is 0 Å². The fourth-order valence-corrected chi connectivity index (χ4v) is 3.25. The largest absolute Gasteiger partial charge is 0.353 e. The smallest absolute Gasteiger partial charge is 0.240 e. The Hall–Kier alpha value is -0.0300. The summed E-state index contributed by atoms with van der Waals surface area (Å²) in [5.41, 5.74) is 5.57. The number of likely N-dealkylation sites (tertiary alicyclic amines) is 1. The van der Waals surface area contributed by atoms with Gasteiger partial charge in [0.1, 0.15) is 0 Å². The molecule has 6 heteroatoms. The summed E-state index contributed by atoms with van der Waals surface area (Å²) >= 11 is 0. The number of nitrogens with two attached hydrogens (primary N) is 1. The molecule has 0 bridgehead atoms. The zero-order valence-corrected chi connectivity index (χ0v) is 14.9. The van der Waals surface area contributed by atoms with Crippen LogP contribution in [0.5, 0.6) is 0 Å². The van der Waals surface area contributed by atoms with Crippen molar-refractivity contribution < 1.29 is 4.79 Å². The van der Waals surface area contributed by atoms with E-state index >= 15 is 0 Å². The van der Waals surface area contributed by atoms with Gasteiger partial charge in [0.2, 0.25) is 5.91 Å². The van der Waals surface area contributed by atoms with E-state index in [1.165, 1.54) is 12.8 Å². The lowest BCUT2D eigenvalue weighted by Crippen LogP contribution is -2.54. The Morgan fingerprint density at radius 3 is 2.33 bits per heavy atom. The SMILES string of the molecule is CC1CCN(C(C)CNC(=O)C2(N)CCCC2)CC1.Cl.Cl. The van der Waals surface area contributed by atoms with Gasteiger partial charge in [-0.25, -0.2) is 0 Å². The highest BCUT2D eigenvalue weighted by Gasteiger charge is 2.37. The lowest BCUT2D eigenvalue weighted by Gasteiger charge is -2.35. The summed E-state index contributed by atoms with van der Waals surface area (Å²) in [6.07, 6.45) is 6.41. The monoisotopic (exact) mass is 339 g/mol. The highest BCUT2D eigenvalue weighted by atomic mass is 35.5. The Labute approximate surface area is 141 Å². The molecule has 3 N–H and O–H groups in total. The van der Waals surface area contributed by atoms with E-state index in [1.54, 1.807) is 0 Å². The zero-order chi connectivity index (χ0) is 13.9. The first-order valence-electron chi connectivity index (χ1n) is 7.82. The van der Waals surface area contributed by atoms with Crippen LogP contribution in [-0.2, 0) is 4.79 Å². The Balaban J connectivity index is 0.00000200. The number of carbonyl (C=O) groups excluding carboxylic acids is 1. The molecule has 1 saturated carbocycles. The predicted octanol–water partition coefficient (Wildman–Crippen LogP) is 2.34. The molecular formula is C15H31Cl2N3O. The van der Waals surface area contributed by atoms with Gasteiger partial charge in [-0.2, -0.15) is 0 Å². The van der Waals surface area contributed by atoms with Crippen molar-refractivity contribution in [3.8, 4) is 0 Å². The minimum absolute atomic E-state index is 0. The van der Waals surface area contributed by atoms with Crippen LogP contribution in [0.3, 0.4) is 0 Å². The van der Waals surface area contributed by atoms with Gasteiger partial charge in [-0.3, -0.25) is 9.69 Å². The van der Waals surface area contributed by atoms with E-state index in [4.69, 9.17) is 5.73 Å². The summed E-state index contributed by atoms with van der Waals surface area (Å²) in [6.45, 7) is 7.57. The second kappa shape index (κ2) is 9.19. The van der Waals surface area contributed by atoms with Gasteiger partial charge in [0, 0.05) is 12.6 Å². The summed E-state index contributed by atoms with van der Waals surface area (Å²) in [5.74, 6) is 0.908. The van der Waals surface area contributed by atoms with Gasteiger partial charge in [-0.05, 0) is 51.6 Å². The average molecular weight is 340 g/mol. The number of amides is 1. The third-order valence-corrected chi connectivity index (χ3v) is 4.95. The van der Waals surface area contributed by atoms with Crippen LogP contribution in [0.2, 0.25) is 0 Å². The number of halogens is 2. The molecular weight excluding hydrogens is 309 g/mol. The van der Waals surface area contributed by atoms with Crippen LogP contribution in [-0.4, -0.2) is 42.0 Å². The second-order valence-corrected chi connectivity index (χ2v) is 6.64. The highest BCUT2D eigenvalue weighted by molar-refractivity contribution is 5.86. The summed E-state index contributed by atoms with van der Waals surface area (Å²) in [7, 11) is 0. The molecule has 1 aliphatic heterocycles. The molecule has 21 heavy (non-hydrogen) atoms. The van der Waals surface area contributed by atoms with Crippen LogP contribution >= 0.6 is 24.8 Å². The van der Waals surface area contributed by atoms with Crippen LogP contribution in [0.1, 0.15) is 52.4 Å². The molecule has 2 fully saturated rings. The minimum atomic E-state index is -0.587. The highest BCUT2D eigenvalue weighted by Crippen LogP contribution is 2.27. The average Bonchev–Trinajstić information content (AvgIpc) is 2.84. The molecule has 4 nitrogen and oxygen atoms in total. The maximum atomic E-state index is 12.2. The molecule has 0 aromatic rings. The normalized spacial score (nSPS) is 23.8. The van der Waals surface area contributed by atoms with E-state index in [0.717, 1.165) is 51.2 Å². The molecule has 0 radical (unpaired) electrons. The fourth-order valence-electron chi connectivity index (χ4n) is 3.25. The minimum Gasteiger partial charge on any atom is -0.353 e. The Bertz CT molecular complexity index is 314. The molecule has 1 amide bonds. The van der Waals surface area contributed by atoms with Gasteiger partial charge in [0.15, 0.2) is 0 Å². The summed E-state index contributed by atoms with van der Waals surface area (Å²) in [4.78, 5) is 14.6. The third kappa shape index (κ3) is 5.59. The lowest BCUT2D eigenvalue weighted by molar-refractivity contribution is -0.126. The molecule has 1 atom stereocenters. The summed E-state index contributed by atoms with van der Waals surface area (Å²) in [5, 5.41) is 3.07. The Kier molecular flexibility index (Phi) is 9.17. The molecule has 0 spiro atoms. The summed E-state index contributed by atoms with van der Waals surface area (Å²) < 4.78 is 0. The molecule has 126 valence electrons. The maximum absolute atomic E-state index is 12.2. The number of piperidine rings is 1. The van der Waals surface area contributed by atoms with Gasteiger partial charge in [0.25, 0.3) is 0 Å². The molecule has 0 aromatic carbocycles. The molecule has 2 rings (SSSR count). The van der Waals surface area contributed by atoms with Crippen LogP contribution in [0.25, 0.3) is 0 Å². The molecule has 1 aliphatic carbocycles. The van der Waals surface area contributed by atoms with Crippen molar-refractivity contribution in [3.63, 3.8) is 0 Å². The van der Waals surface area contributed by atoms with Crippen LogP contribution in [0.4, 0.5) is 0 Å². The molecule has 1 heterocycles. The van der Waals surface area contributed by atoms with Crippen molar-refractivity contribution in [1.82, 2.24) is 10.2 Å². The molecule has 0 aromatic heterocycles. The van der Waals surface area contributed by atoms with Gasteiger partial charge in [0.05, 0.1) is 5.54 Å². The number of hydrogen-bond acceptors (Lipinski definition) is 3. The van der Waals surface area contributed by atoms with Gasteiger partial charge in [-0.1, -0.05) is 19.8 Å². The first-order valence-corrected chi connectivity index (χ1v) is 7.82. The topological polar surface area (TPSA) is 58.4 Å². The van der Waals surface area contributed by atoms with Gasteiger partial charge < -0.3 is 11.1 Å². The van der Waals surface area contributed by atoms with Crippen molar-refractivity contribution in [2.24, 2.45) is 11.7 Å². The number of rotatable bonds is 4. The van der Waals surface area contributed by atoms with E-state index in [9.17, 15) is 4.79 Å². The standard InChI is InChI=1S/C15H29N3O.2ClH/c1-12-5-9-18(10-6-12)13(2)11-17-14(19)15(16)7-3-4-8-15;;/h12-13H,3-11,16H2,1-2H3,(H,17,19);2*1H. The second-order valence-electron chi connectivity index (χ2n) is 6.64. The quantitative estimate of drug-likeness (QED) is 0.826. The Morgan fingerprint density at radius 1 is 1.29 bits per heavy atom. The van der Waals surface area contributed by atoms with Crippen molar-refractivity contribution in [2.45, 2.75) is 64.0 Å². The lowest BCUT2D eigenvalue weighted by atomic mass is 9.97. The van der Waals surface area contributed by atoms with Crippen molar-refractivity contribution in [1.29, 1.82) is 0 Å². The van der Waals surface area contributed by atoms with Crippen LogP contribution in [0.15, 0.2) is 0 Å². The van der Waals surface area contributed by atoms with Crippen molar-refractivity contribution in [3.05, 3.63) is 0 Å². The van der Waals surface area contributed by atoms with Gasteiger partial charge >= 0.3 is 0 Å². The van der Waals surface area contributed by atoms with Crippen molar-refractivity contribution in [2.75, 3.05) is 19.6 Å². The first-order chi connectivity index (χ1) is 9.01. The number of hydrogen-bond donors (Lipinski definition) is 2.